The van der Waals surface area contributed by atoms with E-state index in [1.54, 1.807) is 0 Å². The molecule has 1 heterocycles. The van der Waals surface area contributed by atoms with Crippen LogP contribution in [-0.2, 0) is 6.42 Å². The van der Waals surface area contributed by atoms with Gasteiger partial charge in [-0.2, -0.15) is 0 Å². The molecular formula is C13H21N3. The largest absolute Gasteiger partial charge is 0.356 e. The van der Waals surface area contributed by atoms with Crippen molar-refractivity contribution < 1.29 is 0 Å². The van der Waals surface area contributed by atoms with Crippen molar-refractivity contribution in [3.05, 3.63) is 23.4 Å². The number of aryl methyl sites for hydroxylation is 1. The van der Waals surface area contributed by atoms with Gasteiger partial charge in [-0.1, -0.05) is 6.07 Å². The molecule has 0 aromatic carbocycles. The van der Waals surface area contributed by atoms with E-state index in [0.717, 1.165) is 12.2 Å². The van der Waals surface area contributed by atoms with E-state index in [0.29, 0.717) is 12.6 Å². The molecule has 0 aliphatic heterocycles. The van der Waals surface area contributed by atoms with Gasteiger partial charge in [-0.05, 0) is 50.3 Å². The van der Waals surface area contributed by atoms with E-state index in [2.05, 4.69) is 29.9 Å². The molecule has 88 valence electrons. The summed E-state index contributed by atoms with van der Waals surface area (Å²) in [7, 11) is 2.15. The first-order valence-corrected chi connectivity index (χ1v) is 6.11. The number of hydrogen-bond acceptors (Lipinski definition) is 3. The molecule has 3 nitrogen and oxygen atoms in total. The second-order valence-electron chi connectivity index (χ2n) is 4.72. The van der Waals surface area contributed by atoms with Gasteiger partial charge in [-0.25, -0.2) is 4.98 Å². The van der Waals surface area contributed by atoms with Crippen LogP contribution in [-0.4, -0.2) is 24.6 Å². The van der Waals surface area contributed by atoms with Gasteiger partial charge < -0.3 is 10.6 Å². The quantitative estimate of drug-likeness (QED) is 0.840. The average molecular weight is 219 g/mol. The van der Waals surface area contributed by atoms with E-state index in [4.69, 9.17) is 5.73 Å². The fourth-order valence-corrected chi connectivity index (χ4v) is 2.25. The molecule has 1 aromatic rings. The number of hydrogen-bond donors (Lipinski definition) is 1. The molecule has 2 N–H and O–H groups in total. The van der Waals surface area contributed by atoms with E-state index in [1.807, 2.05) is 6.20 Å². The first kappa shape index (κ1) is 11.4. The van der Waals surface area contributed by atoms with Crippen LogP contribution in [0, 0.1) is 6.92 Å². The van der Waals surface area contributed by atoms with E-state index in [1.165, 1.54) is 30.4 Å². The average Bonchev–Trinajstić information content (AvgIpc) is 2.15. The Labute approximate surface area is 97.7 Å². The Morgan fingerprint density at radius 2 is 2.25 bits per heavy atom. The summed E-state index contributed by atoms with van der Waals surface area (Å²) in [4.78, 5) is 6.89. The lowest BCUT2D eigenvalue weighted by Crippen LogP contribution is -2.38. The van der Waals surface area contributed by atoms with Gasteiger partial charge in [-0.3, -0.25) is 0 Å². The Kier molecular flexibility index (Phi) is 3.44. The van der Waals surface area contributed by atoms with E-state index >= 15 is 0 Å². The maximum Gasteiger partial charge on any atom is 0.131 e. The molecule has 0 bridgehead atoms. The van der Waals surface area contributed by atoms with Gasteiger partial charge in [0.1, 0.15) is 5.82 Å². The second-order valence-corrected chi connectivity index (χ2v) is 4.72. The highest BCUT2D eigenvalue weighted by Gasteiger charge is 2.23. The Hall–Kier alpha value is -1.09. The van der Waals surface area contributed by atoms with Crippen molar-refractivity contribution in [3.8, 4) is 0 Å². The van der Waals surface area contributed by atoms with E-state index in [9.17, 15) is 0 Å². The molecule has 0 atom stereocenters. The minimum Gasteiger partial charge on any atom is -0.356 e. The molecule has 0 radical (unpaired) electrons. The third-order valence-electron chi connectivity index (χ3n) is 3.50. The van der Waals surface area contributed by atoms with Crippen LogP contribution in [0.5, 0.6) is 0 Å². The molecule has 3 heteroatoms. The molecule has 1 aromatic heterocycles. The molecule has 1 aliphatic carbocycles. The SMILES string of the molecule is Cc1cc(CCN)cnc1N(C)C1CCC1. The molecule has 1 saturated carbocycles. The Morgan fingerprint density at radius 1 is 1.50 bits per heavy atom. The van der Waals surface area contributed by atoms with Gasteiger partial charge in [0.05, 0.1) is 0 Å². The highest BCUT2D eigenvalue weighted by molar-refractivity contribution is 5.48. The third-order valence-corrected chi connectivity index (χ3v) is 3.50. The predicted molar refractivity (Wildman–Crippen MR) is 67.8 cm³/mol. The number of nitrogens with two attached hydrogens (primary N) is 1. The summed E-state index contributed by atoms with van der Waals surface area (Å²) in [5, 5.41) is 0. The number of rotatable bonds is 4. The summed E-state index contributed by atoms with van der Waals surface area (Å²) >= 11 is 0. The van der Waals surface area contributed by atoms with Crippen LogP contribution < -0.4 is 10.6 Å². The van der Waals surface area contributed by atoms with E-state index in [-0.39, 0.29) is 0 Å². The molecule has 0 unspecified atom stereocenters. The molecule has 1 aliphatic rings. The number of anilines is 1. The molecule has 1 fully saturated rings. The third kappa shape index (κ3) is 2.19. The van der Waals surface area contributed by atoms with Crippen molar-refractivity contribution in [1.82, 2.24) is 4.98 Å². The van der Waals surface area contributed by atoms with Gasteiger partial charge in [0.15, 0.2) is 0 Å². The zero-order valence-corrected chi connectivity index (χ0v) is 10.2. The summed E-state index contributed by atoms with van der Waals surface area (Å²) in [6, 6.07) is 2.91. The van der Waals surface area contributed by atoms with Crippen LogP contribution >= 0.6 is 0 Å². The highest BCUT2D eigenvalue weighted by Crippen LogP contribution is 2.28. The molecular weight excluding hydrogens is 198 g/mol. The Balaban J connectivity index is 2.14. The first-order valence-electron chi connectivity index (χ1n) is 6.11. The lowest BCUT2D eigenvalue weighted by atomic mass is 9.91. The first-order chi connectivity index (χ1) is 7.72. The van der Waals surface area contributed by atoms with Crippen LogP contribution in [0.3, 0.4) is 0 Å². The van der Waals surface area contributed by atoms with E-state index < -0.39 is 0 Å². The highest BCUT2D eigenvalue weighted by atomic mass is 15.2. The zero-order valence-electron chi connectivity index (χ0n) is 10.2. The molecule has 0 spiro atoms. The fourth-order valence-electron chi connectivity index (χ4n) is 2.25. The van der Waals surface area contributed by atoms with Crippen LogP contribution in [0.2, 0.25) is 0 Å². The van der Waals surface area contributed by atoms with Gasteiger partial charge in [0, 0.05) is 19.3 Å². The smallest absolute Gasteiger partial charge is 0.131 e. The van der Waals surface area contributed by atoms with Crippen molar-refractivity contribution >= 4 is 5.82 Å². The fraction of sp³-hybridized carbons (Fsp3) is 0.615. The van der Waals surface area contributed by atoms with Crippen molar-refractivity contribution in [2.45, 2.75) is 38.6 Å². The van der Waals surface area contributed by atoms with Crippen molar-refractivity contribution in [2.75, 3.05) is 18.5 Å². The van der Waals surface area contributed by atoms with Crippen molar-refractivity contribution in [2.24, 2.45) is 5.73 Å². The van der Waals surface area contributed by atoms with Gasteiger partial charge in [0.2, 0.25) is 0 Å². The second kappa shape index (κ2) is 4.83. The summed E-state index contributed by atoms with van der Waals surface area (Å²) in [5.41, 5.74) is 8.05. The zero-order chi connectivity index (χ0) is 11.5. The summed E-state index contributed by atoms with van der Waals surface area (Å²) in [5.74, 6) is 1.13. The number of nitrogens with zero attached hydrogens (tertiary/aromatic N) is 2. The van der Waals surface area contributed by atoms with Crippen LogP contribution in [0.1, 0.15) is 30.4 Å². The molecule has 0 amide bonds. The lowest BCUT2D eigenvalue weighted by molar-refractivity contribution is 0.399. The Morgan fingerprint density at radius 3 is 2.75 bits per heavy atom. The van der Waals surface area contributed by atoms with Crippen LogP contribution in [0.25, 0.3) is 0 Å². The monoisotopic (exact) mass is 219 g/mol. The summed E-state index contributed by atoms with van der Waals surface area (Å²) < 4.78 is 0. The maximum absolute atomic E-state index is 5.55. The van der Waals surface area contributed by atoms with Crippen LogP contribution in [0.4, 0.5) is 5.82 Å². The van der Waals surface area contributed by atoms with Crippen molar-refractivity contribution in [3.63, 3.8) is 0 Å². The molecule has 2 rings (SSSR count). The topological polar surface area (TPSA) is 42.1 Å². The standard InChI is InChI=1S/C13H21N3/c1-10-8-11(6-7-14)9-15-13(10)16(2)12-4-3-5-12/h8-9,12H,3-7,14H2,1-2H3. The molecule has 0 saturated heterocycles. The van der Waals surface area contributed by atoms with Crippen molar-refractivity contribution in [1.29, 1.82) is 0 Å². The normalized spacial score (nSPS) is 15.9. The Bertz CT molecular complexity index is 358. The summed E-state index contributed by atoms with van der Waals surface area (Å²) in [6.45, 7) is 2.83. The van der Waals surface area contributed by atoms with Gasteiger partial charge >= 0.3 is 0 Å². The van der Waals surface area contributed by atoms with Gasteiger partial charge in [-0.15, -0.1) is 0 Å². The van der Waals surface area contributed by atoms with Crippen LogP contribution in [0.15, 0.2) is 12.3 Å². The van der Waals surface area contributed by atoms with Gasteiger partial charge in [0.25, 0.3) is 0 Å². The lowest BCUT2D eigenvalue weighted by Gasteiger charge is -2.36. The maximum atomic E-state index is 5.55. The summed E-state index contributed by atoms with van der Waals surface area (Å²) in [6.07, 6.45) is 6.86. The minimum atomic E-state index is 0.693. The number of pyridine rings is 1. The molecule has 16 heavy (non-hydrogen) atoms. The minimum absolute atomic E-state index is 0.693. The number of aromatic nitrogens is 1. The predicted octanol–water partition coefficient (Wildman–Crippen LogP) is 1.88.